The summed E-state index contributed by atoms with van der Waals surface area (Å²) < 4.78 is 39.7. The molecule has 0 radical (unpaired) electrons. The van der Waals surface area contributed by atoms with E-state index in [0.717, 1.165) is 0 Å². The Balaban J connectivity index is 1.67. The van der Waals surface area contributed by atoms with Crippen molar-refractivity contribution in [3.63, 3.8) is 0 Å². The minimum atomic E-state index is -4.48. The fraction of sp³-hybridized carbons (Fsp3) is 0.400. The summed E-state index contributed by atoms with van der Waals surface area (Å²) in [4.78, 5) is 33.3. The monoisotopic (exact) mass is 528 g/mol. The largest absolute Gasteiger partial charge is 0.497 e. The van der Waals surface area contributed by atoms with Crippen molar-refractivity contribution < 1.29 is 27.8 Å². The summed E-state index contributed by atoms with van der Waals surface area (Å²) in [7, 11) is -3.07. The normalized spacial score (nSPS) is 18.4. The first-order valence-electron chi connectivity index (χ1n) is 11.9. The highest BCUT2D eigenvalue weighted by Gasteiger charge is 2.48. The van der Waals surface area contributed by atoms with Crippen LogP contribution in [-0.2, 0) is 21.3 Å². The average Bonchev–Trinajstić information content (AvgIpc) is 3.09. The number of ether oxygens (including phenoxy) is 2. The first-order valence-corrected chi connectivity index (χ1v) is 13.4. The van der Waals surface area contributed by atoms with E-state index in [0.29, 0.717) is 36.2 Å². The van der Waals surface area contributed by atoms with Crippen LogP contribution in [0.1, 0.15) is 53.2 Å². The van der Waals surface area contributed by atoms with Crippen LogP contribution in [0.5, 0.6) is 5.75 Å². The number of pyridine rings is 1. The molecular weight excluding hydrogens is 500 g/mol. The highest BCUT2D eigenvalue weighted by Crippen LogP contribution is 2.41. The minimum absolute atomic E-state index is 0.0120. The zero-order valence-electron chi connectivity index (χ0n) is 20.7. The van der Waals surface area contributed by atoms with Crippen LogP contribution < -0.4 is 10.3 Å². The van der Waals surface area contributed by atoms with Crippen molar-refractivity contribution in [1.29, 1.82) is 0 Å². The minimum Gasteiger partial charge on any atom is -0.497 e. The van der Waals surface area contributed by atoms with E-state index >= 15 is 0 Å². The molecule has 5 rings (SSSR count). The standard InChI is InChI=1S/C25H28N4O7S/c1-15(2)17-12-16(35-3)13-19-21(17)24(31)29(37(19,33)34)25(32)22-18(14-27-8-10-36-11-9-27)23(30)28-7-5-4-6-20(28)26-22/h4-7,12-13,15,25,32H,8-11,14H2,1-3H3. The van der Waals surface area contributed by atoms with Crippen molar-refractivity contribution in [1.82, 2.24) is 18.6 Å². The van der Waals surface area contributed by atoms with Crippen molar-refractivity contribution in [2.45, 2.75) is 37.4 Å². The van der Waals surface area contributed by atoms with Gasteiger partial charge in [0, 0.05) is 31.9 Å². The number of amides is 1. The number of aliphatic hydroxyl groups excluding tert-OH is 1. The zero-order valence-corrected chi connectivity index (χ0v) is 21.6. The first-order chi connectivity index (χ1) is 17.6. The Morgan fingerprint density at radius 3 is 2.57 bits per heavy atom. The molecule has 0 aliphatic carbocycles. The Labute approximate surface area is 213 Å². The van der Waals surface area contributed by atoms with Crippen LogP contribution in [0.25, 0.3) is 5.65 Å². The van der Waals surface area contributed by atoms with Crippen molar-refractivity contribution >= 4 is 21.6 Å². The van der Waals surface area contributed by atoms with E-state index in [-0.39, 0.29) is 45.6 Å². The van der Waals surface area contributed by atoms with E-state index in [1.807, 2.05) is 18.7 Å². The number of hydrogen-bond acceptors (Lipinski definition) is 9. The second-order valence-electron chi connectivity index (χ2n) is 9.32. The predicted octanol–water partition coefficient (Wildman–Crippen LogP) is 1.49. The van der Waals surface area contributed by atoms with Gasteiger partial charge in [-0.25, -0.2) is 13.4 Å². The van der Waals surface area contributed by atoms with Crippen molar-refractivity contribution in [3.8, 4) is 5.75 Å². The van der Waals surface area contributed by atoms with Gasteiger partial charge in [0.15, 0.2) is 6.23 Å². The maximum Gasteiger partial charge on any atom is 0.271 e. The molecule has 0 spiro atoms. The molecule has 1 aromatic carbocycles. The number of carbonyl (C=O) groups excluding carboxylic acids is 1. The predicted molar refractivity (Wildman–Crippen MR) is 133 cm³/mol. The van der Waals surface area contributed by atoms with Crippen molar-refractivity contribution in [2.75, 3.05) is 33.4 Å². The van der Waals surface area contributed by atoms with E-state index in [2.05, 4.69) is 4.98 Å². The van der Waals surface area contributed by atoms with Crippen LogP contribution in [-0.4, -0.2) is 71.4 Å². The number of fused-ring (bicyclic) bond motifs is 2. The second-order valence-corrected chi connectivity index (χ2v) is 11.1. The smallest absolute Gasteiger partial charge is 0.271 e. The number of morpholine rings is 1. The molecule has 12 heteroatoms. The van der Waals surface area contributed by atoms with Gasteiger partial charge in [0.1, 0.15) is 22.0 Å². The Bertz CT molecular complexity index is 1540. The summed E-state index contributed by atoms with van der Waals surface area (Å²) in [5.74, 6) is -0.785. The number of methoxy groups -OCH3 is 1. The number of aliphatic hydroxyl groups is 1. The number of sulfonamides is 1. The van der Waals surface area contributed by atoms with Crippen LogP contribution in [0.3, 0.4) is 0 Å². The lowest BCUT2D eigenvalue weighted by molar-refractivity contribution is 0.0308. The lowest BCUT2D eigenvalue weighted by Crippen LogP contribution is -2.40. The molecule has 1 saturated heterocycles. The summed E-state index contributed by atoms with van der Waals surface area (Å²) in [5, 5.41) is 11.5. The molecule has 2 aliphatic heterocycles. The molecule has 1 N–H and O–H groups in total. The van der Waals surface area contributed by atoms with Crippen LogP contribution in [0.15, 0.2) is 46.2 Å². The van der Waals surface area contributed by atoms with Gasteiger partial charge in [-0.2, -0.15) is 4.31 Å². The van der Waals surface area contributed by atoms with Gasteiger partial charge in [0.05, 0.1) is 31.5 Å². The quantitative estimate of drug-likeness (QED) is 0.506. The lowest BCUT2D eigenvalue weighted by atomic mass is 9.96. The highest BCUT2D eigenvalue weighted by atomic mass is 32.2. The molecule has 37 heavy (non-hydrogen) atoms. The molecule has 0 bridgehead atoms. The van der Waals surface area contributed by atoms with Gasteiger partial charge in [0.25, 0.3) is 21.5 Å². The molecular formula is C25H28N4O7S. The fourth-order valence-corrected chi connectivity index (χ4v) is 6.40. The Kier molecular flexibility index (Phi) is 6.52. The number of aromatic nitrogens is 2. The summed E-state index contributed by atoms with van der Waals surface area (Å²) in [5.41, 5.74) is 0.180. The third-order valence-electron chi connectivity index (χ3n) is 6.73. The van der Waals surface area contributed by atoms with Crippen LogP contribution in [0.2, 0.25) is 0 Å². The number of nitrogens with zero attached hydrogens (tertiary/aromatic N) is 4. The number of rotatable bonds is 6. The van der Waals surface area contributed by atoms with E-state index < -0.39 is 27.7 Å². The van der Waals surface area contributed by atoms with Gasteiger partial charge in [-0.15, -0.1) is 0 Å². The van der Waals surface area contributed by atoms with E-state index in [4.69, 9.17) is 9.47 Å². The third-order valence-corrected chi connectivity index (χ3v) is 8.49. The molecule has 1 amide bonds. The molecule has 3 aromatic rings. The third kappa shape index (κ3) is 4.19. The summed E-state index contributed by atoms with van der Waals surface area (Å²) >= 11 is 0. The van der Waals surface area contributed by atoms with Crippen molar-refractivity contribution in [2.24, 2.45) is 0 Å². The van der Waals surface area contributed by atoms with Gasteiger partial charge in [0.2, 0.25) is 0 Å². The maximum atomic E-state index is 13.7. The van der Waals surface area contributed by atoms with Crippen LogP contribution in [0, 0.1) is 0 Å². The molecule has 4 heterocycles. The maximum absolute atomic E-state index is 13.7. The molecule has 196 valence electrons. The van der Waals surface area contributed by atoms with Crippen LogP contribution in [0.4, 0.5) is 0 Å². The molecule has 0 saturated carbocycles. The highest BCUT2D eigenvalue weighted by molar-refractivity contribution is 7.90. The van der Waals surface area contributed by atoms with E-state index in [1.54, 1.807) is 30.5 Å². The van der Waals surface area contributed by atoms with Gasteiger partial charge >= 0.3 is 0 Å². The lowest BCUT2D eigenvalue weighted by Gasteiger charge is -2.28. The van der Waals surface area contributed by atoms with Crippen LogP contribution >= 0.6 is 0 Å². The SMILES string of the molecule is COc1cc(C(C)C)c2c(c1)S(=O)(=O)N(C(O)c1nc3ccccn3c(=O)c1CN1CCOCC1)C2=O. The van der Waals surface area contributed by atoms with Crippen molar-refractivity contribution in [3.05, 3.63) is 69.3 Å². The van der Waals surface area contributed by atoms with Gasteiger partial charge in [-0.3, -0.25) is 18.9 Å². The fourth-order valence-electron chi connectivity index (χ4n) is 4.78. The van der Waals surface area contributed by atoms with Gasteiger partial charge in [-0.1, -0.05) is 19.9 Å². The summed E-state index contributed by atoms with van der Waals surface area (Å²) in [6.45, 7) is 5.84. The number of benzene rings is 1. The summed E-state index contributed by atoms with van der Waals surface area (Å²) in [6, 6.07) is 7.83. The molecule has 2 aromatic heterocycles. The van der Waals surface area contributed by atoms with Gasteiger partial charge in [-0.05, 0) is 29.7 Å². The second kappa shape index (κ2) is 9.53. The molecule has 2 aliphatic rings. The van der Waals surface area contributed by atoms with E-state index in [9.17, 15) is 23.1 Å². The number of carbonyl (C=O) groups is 1. The molecule has 11 nitrogen and oxygen atoms in total. The Morgan fingerprint density at radius 1 is 1.16 bits per heavy atom. The Morgan fingerprint density at radius 2 is 1.89 bits per heavy atom. The topological polar surface area (TPSA) is 131 Å². The molecule has 1 fully saturated rings. The molecule has 1 atom stereocenters. The first kappa shape index (κ1) is 25.3. The summed E-state index contributed by atoms with van der Waals surface area (Å²) in [6.07, 6.45) is -0.455. The molecule has 1 unspecified atom stereocenters. The number of hydrogen-bond donors (Lipinski definition) is 1. The average molecular weight is 529 g/mol. The van der Waals surface area contributed by atoms with E-state index in [1.165, 1.54) is 17.6 Å². The Hall–Kier alpha value is -3.32. The zero-order chi connectivity index (χ0) is 26.5. The van der Waals surface area contributed by atoms with Gasteiger partial charge < -0.3 is 14.6 Å².